The predicted molar refractivity (Wildman–Crippen MR) is 57.2 cm³/mol. The van der Waals surface area contributed by atoms with Crippen LogP contribution in [0.3, 0.4) is 0 Å². The SMILES string of the molecule is CC1CC(O)(c2cnccc2N)CCO1. The van der Waals surface area contributed by atoms with Crippen LogP contribution in [0.5, 0.6) is 0 Å². The zero-order valence-electron chi connectivity index (χ0n) is 8.81. The van der Waals surface area contributed by atoms with E-state index in [1.807, 2.05) is 6.92 Å². The Kier molecular flexibility index (Phi) is 2.63. The Morgan fingerprint density at radius 1 is 1.67 bits per heavy atom. The number of nitrogens with two attached hydrogens (primary N) is 1. The van der Waals surface area contributed by atoms with Gasteiger partial charge < -0.3 is 15.6 Å². The highest BCUT2D eigenvalue weighted by molar-refractivity contribution is 5.47. The number of anilines is 1. The molecule has 1 aromatic heterocycles. The second kappa shape index (κ2) is 3.79. The molecule has 4 heteroatoms. The summed E-state index contributed by atoms with van der Waals surface area (Å²) in [4.78, 5) is 4.01. The van der Waals surface area contributed by atoms with Crippen molar-refractivity contribution in [3.8, 4) is 0 Å². The van der Waals surface area contributed by atoms with E-state index in [1.165, 1.54) is 0 Å². The van der Waals surface area contributed by atoms with Crippen molar-refractivity contribution in [3.63, 3.8) is 0 Å². The minimum absolute atomic E-state index is 0.0587. The first-order valence-electron chi connectivity index (χ1n) is 5.16. The van der Waals surface area contributed by atoms with Crippen molar-refractivity contribution in [3.05, 3.63) is 24.0 Å². The molecule has 4 nitrogen and oxygen atoms in total. The van der Waals surface area contributed by atoms with Crippen LogP contribution in [0.4, 0.5) is 5.69 Å². The van der Waals surface area contributed by atoms with Crippen LogP contribution in [0, 0.1) is 0 Å². The van der Waals surface area contributed by atoms with Crippen molar-refractivity contribution >= 4 is 5.69 Å². The van der Waals surface area contributed by atoms with Gasteiger partial charge in [0.05, 0.1) is 18.3 Å². The molecule has 2 heterocycles. The zero-order chi connectivity index (χ0) is 10.9. The largest absolute Gasteiger partial charge is 0.398 e. The lowest BCUT2D eigenvalue weighted by Gasteiger charge is -2.36. The molecule has 1 fully saturated rings. The van der Waals surface area contributed by atoms with Gasteiger partial charge in [0, 0.05) is 36.5 Å². The third-order valence-electron chi connectivity index (χ3n) is 2.90. The number of aromatic nitrogens is 1. The smallest absolute Gasteiger partial charge is 0.0977 e. The summed E-state index contributed by atoms with van der Waals surface area (Å²) in [6.07, 6.45) is 4.48. The Balaban J connectivity index is 2.32. The molecule has 0 aliphatic carbocycles. The Morgan fingerprint density at radius 2 is 2.47 bits per heavy atom. The summed E-state index contributed by atoms with van der Waals surface area (Å²) in [5, 5.41) is 10.5. The molecule has 2 rings (SSSR count). The molecule has 0 spiro atoms. The maximum absolute atomic E-state index is 10.5. The molecule has 82 valence electrons. The second-order valence-corrected chi connectivity index (χ2v) is 4.13. The maximum atomic E-state index is 10.5. The molecule has 0 saturated carbocycles. The number of nitrogens with zero attached hydrogens (tertiary/aromatic N) is 1. The molecule has 1 aliphatic rings. The number of aliphatic hydroxyl groups is 1. The van der Waals surface area contributed by atoms with Gasteiger partial charge in [-0.15, -0.1) is 0 Å². The van der Waals surface area contributed by atoms with E-state index in [0.29, 0.717) is 25.1 Å². The number of ether oxygens (including phenoxy) is 1. The van der Waals surface area contributed by atoms with Crippen molar-refractivity contribution in [1.82, 2.24) is 4.98 Å². The summed E-state index contributed by atoms with van der Waals surface area (Å²) in [5.74, 6) is 0. The fourth-order valence-corrected chi connectivity index (χ4v) is 2.10. The van der Waals surface area contributed by atoms with Crippen LogP contribution in [0.25, 0.3) is 0 Å². The Hall–Kier alpha value is -1.13. The minimum atomic E-state index is -0.879. The molecule has 1 aromatic rings. The normalized spacial score (nSPS) is 31.5. The molecular formula is C11H16N2O2. The van der Waals surface area contributed by atoms with E-state index in [0.717, 1.165) is 5.56 Å². The monoisotopic (exact) mass is 208 g/mol. The van der Waals surface area contributed by atoms with Crippen LogP contribution in [0.1, 0.15) is 25.3 Å². The van der Waals surface area contributed by atoms with Gasteiger partial charge in [-0.2, -0.15) is 0 Å². The van der Waals surface area contributed by atoms with Crippen molar-refractivity contribution in [2.24, 2.45) is 0 Å². The molecule has 0 bridgehead atoms. The first-order chi connectivity index (χ1) is 7.12. The molecule has 15 heavy (non-hydrogen) atoms. The van der Waals surface area contributed by atoms with E-state index < -0.39 is 5.60 Å². The molecule has 2 atom stereocenters. The van der Waals surface area contributed by atoms with Gasteiger partial charge >= 0.3 is 0 Å². The Labute approximate surface area is 89.1 Å². The van der Waals surface area contributed by atoms with Crippen molar-refractivity contribution < 1.29 is 9.84 Å². The lowest BCUT2D eigenvalue weighted by atomic mass is 9.84. The van der Waals surface area contributed by atoms with E-state index in [2.05, 4.69) is 4.98 Å². The minimum Gasteiger partial charge on any atom is -0.398 e. The number of hydrogen-bond donors (Lipinski definition) is 2. The second-order valence-electron chi connectivity index (χ2n) is 4.13. The van der Waals surface area contributed by atoms with Crippen molar-refractivity contribution in [1.29, 1.82) is 0 Å². The summed E-state index contributed by atoms with van der Waals surface area (Å²) in [7, 11) is 0. The lowest BCUT2D eigenvalue weighted by Crippen LogP contribution is -2.38. The predicted octanol–water partition coefficient (Wildman–Crippen LogP) is 1.05. The molecule has 1 aliphatic heterocycles. The first-order valence-corrected chi connectivity index (χ1v) is 5.16. The average Bonchev–Trinajstić information content (AvgIpc) is 2.17. The van der Waals surface area contributed by atoms with Crippen LogP contribution in [-0.4, -0.2) is 22.8 Å². The highest BCUT2D eigenvalue weighted by Gasteiger charge is 2.36. The van der Waals surface area contributed by atoms with Gasteiger partial charge in [0.15, 0.2) is 0 Å². The van der Waals surface area contributed by atoms with Crippen LogP contribution >= 0.6 is 0 Å². The van der Waals surface area contributed by atoms with Gasteiger partial charge in [-0.3, -0.25) is 4.98 Å². The average molecular weight is 208 g/mol. The highest BCUT2D eigenvalue weighted by atomic mass is 16.5. The number of hydrogen-bond acceptors (Lipinski definition) is 4. The molecule has 1 saturated heterocycles. The van der Waals surface area contributed by atoms with E-state index in [1.54, 1.807) is 18.5 Å². The quantitative estimate of drug-likeness (QED) is 0.723. The maximum Gasteiger partial charge on any atom is 0.0977 e. The molecule has 0 radical (unpaired) electrons. The summed E-state index contributed by atoms with van der Waals surface area (Å²) in [6.45, 7) is 2.52. The van der Waals surface area contributed by atoms with Gasteiger partial charge in [0.2, 0.25) is 0 Å². The van der Waals surface area contributed by atoms with E-state index >= 15 is 0 Å². The molecular weight excluding hydrogens is 192 g/mol. The Morgan fingerprint density at radius 3 is 3.13 bits per heavy atom. The fraction of sp³-hybridized carbons (Fsp3) is 0.545. The number of pyridine rings is 1. The molecule has 2 unspecified atom stereocenters. The van der Waals surface area contributed by atoms with Crippen LogP contribution in [0.15, 0.2) is 18.5 Å². The number of nitrogen functional groups attached to an aromatic ring is 1. The van der Waals surface area contributed by atoms with Crippen LogP contribution in [-0.2, 0) is 10.3 Å². The number of rotatable bonds is 1. The van der Waals surface area contributed by atoms with E-state index in [4.69, 9.17) is 10.5 Å². The zero-order valence-corrected chi connectivity index (χ0v) is 8.81. The summed E-state index contributed by atoms with van der Waals surface area (Å²) >= 11 is 0. The van der Waals surface area contributed by atoms with Crippen LogP contribution in [0.2, 0.25) is 0 Å². The van der Waals surface area contributed by atoms with E-state index in [-0.39, 0.29) is 6.10 Å². The van der Waals surface area contributed by atoms with E-state index in [9.17, 15) is 5.11 Å². The highest BCUT2D eigenvalue weighted by Crippen LogP contribution is 2.36. The van der Waals surface area contributed by atoms with Crippen molar-refractivity contribution in [2.45, 2.75) is 31.5 Å². The summed E-state index contributed by atoms with van der Waals surface area (Å²) in [5.41, 5.74) is 6.28. The third-order valence-corrected chi connectivity index (χ3v) is 2.90. The topological polar surface area (TPSA) is 68.4 Å². The summed E-state index contributed by atoms with van der Waals surface area (Å²) < 4.78 is 5.41. The first kappa shape index (κ1) is 10.4. The van der Waals surface area contributed by atoms with Crippen molar-refractivity contribution in [2.75, 3.05) is 12.3 Å². The molecule has 3 N–H and O–H groups in total. The third kappa shape index (κ3) is 1.96. The fourth-order valence-electron chi connectivity index (χ4n) is 2.10. The van der Waals surface area contributed by atoms with Gasteiger partial charge in [-0.05, 0) is 13.0 Å². The van der Waals surface area contributed by atoms with Gasteiger partial charge in [0.1, 0.15) is 0 Å². The van der Waals surface area contributed by atoms with Gasteiger partial charge in [-0.25, -0.2) is 0 Å². The summed E-state index contributed by atoms with van der Waals surface area (Å²) in [6, 6.07) is 1.72. The lowest BCUT2D eigenvalue weighted by molar-refractivity contribution is -0.101. The van der Waals surface area contributed by atoms with Gasteiger partial charge in [-0.1, -0.05) is 0 Å². The molecule has 0 aromatic carbocycles. The molecule has 0 amide bonds. The van der Waals surface area contributed by atoms with Gasteiger partial charge in [0.25, 0.3) is 0 Å². The standard InChI is InChI=1S/C11H16N2O2/c1-8-6-11(14,3-5-15-8)9-7-13-4-2-10(9)12/h2,4,7-8,14H,3,5-6H2,1H3,(H2,12,13). The van der Waals surface area contributed by atoms with Crippen LogP contribution < -0.4 is 5.73 Å². The Bertz CT molecular complexity index is 356.